The Morgan fingerprint density at radius 3 is 2.60 bits per heavy atom. The molecule has 0 aromatic heterocycles. The number of rotatable bonds is 0. The molecular formula is C10H8BrF3O. The maximum absolute atomic E-state index is 12.5. The zero-order chi connectivity index (χ0) is 11.2. The molecule has 0 bridgehead atoms. The monoisotopic (exact) mass is 280 g/mol. The van der Waals surface area contributed by atoms with Crippen molar-refractivity contribution in [2.24, 2.45) is 0 Å². The highest BCUT2D eigenvalue weighted by Crippen LogP contribution is 2.40. The van der Waals surface area contributed by atoms with Crippen LogP contribution in [0.3, 0.4) is 0 Å². The Morgan fingerprint density at radius 1 is 1.33 bits per heavy atom. The summed E-state index contributed by atoms with van der Waals surface area (Å²) in [5.74, 6) is 0. The van der Waals surface area contributed by atoms with Crippen molar-refractivity contribution in [1.29, 1.82) is 0 Å². The van der Waals surface area contributed by atoms with E-state index in [9.17, 15) is 18.3 Å². The molecule has 0 amide bonds. The first-order valence-corrected chi connectivity index (χ1v) is 5.26. The first-order valence-electron chi connectivity index (χ1n) is 4.47. The lowest BCUT2D eigenvalue weighted by Crippen LogP contribution is -2.06. The summed E-state index contributed by atoms with van der Waals surface area (Å²) in [6, 6.07) is 2.11. The standard InChI is InChI=1S/C10H8BrF3O/c11-8-4-5(10(12,13)14)3-7-6(8)1-2-9(7)15/h3-4,9,15H,1-2H2/t9-/m0/s1. The first kappa shape index (κ1) is 11.0. The molecule has 0 aliphatic heterocycles. The Morgan fingerprint density at radius 2 is 2.00 bits per heavy atom. The Balaban J connectivity index is 2.56. The van der Waals surface area contributed by atoms with E-state index in [1.807, 2.05) is 0 Å². The van der Waals surface area contributed by atoms with Crippen molar-refractivity contribution in [2.75, 3.05) is 0 Å². The summed E-state index contributed by atoms with van der Waals surface area (Å²) < 4.78 is 37.8. The summed E-state index contributed by atoms with van der Waals surface area (Å²) >= 11 is 3.11. The lowest BCUT2D eigenvalue weighted by atomic mass is 10.1. The predicted molar refractivity (Wildman–Crippen MR) is 52.4 cm³/mol. The van der Waals surface area contributed by atoms with Gasteiger partial charge in [0, 0.05) is 4.47 Å². The van der Waals surface area contributed by atoms with E-state index in [4.69, 9.17) is 0 Å². The van der Waals surface area contributed by atoms with Crippen molar-refractivity contribution in [3.8, 4) is 0 Å². The number of hydrogen-bond donors (Lipinski definition) is 1. The highest BCUT2D eigenvalue weighted by atomic mass is 79.9. The van der Waals surface area contributed by atoms with Crippen LogP contribution < -0.4 is 0 Å². The molecule has 0 spiro atoms. The predicted octanol–water partition coefficient (Wildman–Crippen LogP) is 3.45. The van der Waals surface area contributed by atoms with E-state index in [-0.39, 0.29) is 0 Å². The van der Waals surface area contributed by atoms with E-state index in [0.717, 1.165) is 17.7 Å². The fourth-order valence-electron chi connectivity index (χ4n) is 1.82. The molecule has 1 aromatic rings. The number of aliphatic hydroxyl groups excluding tert-OH is 1. The Bertz CT molecular complexity index is 400. The molecule has 15 heavy (non-hydrogen) atoms. The second-order valence-electron chi connectivity index (χ2n) is 3.58. The molecule has 0 unspecified atom stereocenters. The molecule has 0 saturated carbocycles. The van der Waals surface area contributed by atoms with Gasteiger partial charge >= 0.3 is 6.18 Å². The molecule has 1 aromatic carbocycles. The van der Waals surface area contributed by atoms with E-state index in [2.05, 4.69) is 15.9 Å². The molecule has 5 heteroatoms. The summed E-state index contributed by atoms with van der Waals surface area (Å²) in [5, 5.41) is 9.51. The number of halogens is 4. The van der Waals surface area contributed by atoms with Crippen LogP contribution in [-0.2, 0) is 12.6 Å². The number of alkyl halides is 3. The molecule has 0 heterocycles. The van der Waals surface area contributed by atoms with Gasteiger partial charge in [-0.15, -0.1) is 0 Å². The van der Waals surface area contributed by atoms with E-state index in [0.29, 0.717) is 22.9 Å². The second kappa shape index (κ2) is 3.49. The van der Waals surface area contributed by atoms with Crippen molar-refractivity contribution < 1.29 is 18.3 Å². The minimum Gasteiger partial charge on any atom is -0.388 e. The average molecular weight is 281 g/mol. The fraction of sp³-hybridized carbons (Fsp3) is 0.400. The molecule has 0 radical (unpaired) electrons. The summed E-state index contributed by atoms with van der Waals surface area (Å²) in [6.07, 6.45) is -4.01. The molecule has 1 atom stereocenters. The van der Waals surface area contributed by atoms with E-state index in [1.54, 1.807) is 0 Å². The lowest BCUT2D eigenvalue weighted by molar-refractivity contribution is -0.137. The highest BCUT2D eigenvalue weighted by Gasteiger charge is 2.34. The van der Waals surface area contributed by atoms with E-state index >= 15 is 0 Å². The van der Waals surface area contributed by atoms with Crippen LogP contribution in [0.4, 0.5) is 13.2 Å². The van der Waals surface area contributed by atoms with Crippen molar-refractivity contribution in [3.63, 3.8) is 0 Å². The Labute approximate surface area is 93.0 Å². The van der Waals surface area contributed by atoms with Crippen LogP contribution in [0, 0.1) is 0 Å². The molecule has 2 rings (SSSR count). The Hall–Kier alpha value is -0.550. The minimum atomic E-state index is -4.36. The largest absolute Gasteiger partial charge is 0.416 e. The summed E-state index contributed by atoms with van der Waals surface area (Å²) in [4.78, 5) is 0. The van der Waals surface area contributed by atoms with Gasteiger partial charge in [-0.1, -0.05) is 15.9 Å². The third-order valence-electron chi connectivity index (χ3n) is 2.58. The van der Waals surface area contributed by atoms with Gasteiger partial charge in [0.05, 0.1) is 11.7 Å². The highest BCUT2D eigenvalue weighted by molar-refractivity contribution is 9.10. The first-order chi connectivity index (χ1) is 6.89. The number of benzene rings is 1. The topological polar surface area (TPSA) is 20.2 Å². The van der Waals surface area contributed by atoms with Crippen LogP contribution in [-0.4, -0.2) is 5.11 Å². The Kier molecular flexibility index (Phi) is 2.55. The van der Waals surface area contributed by atoms with Gasteiger partial charge in [-0.05, 0) is 36.1 Å². The van der Waals surface area contributed by atoms with Crippen molar-refractivity contribution in [3.05, 3.63) is 33.3 Å². The van der Waals surface area contributed by atoms with Gasteiger partial charge < -0.3 is 5.11 Å². The molecule has 1 aliphatic rings. The summed E-state index contributed by atoms with van der Waals surface area (Å²) in [7, 11) is 0. The van der Waals surface area contributed by atoms with Gasteiger partial charge in [0.25, 0.3) is 0 Å². The van der Waals surface area contributed by atoms with Gasteiger partial charge in [-0.2, -0.15) is 13.2 Å². The number of aliphatic hydroxyl groups is 1. The molecule has 0 fully saturated rings. The van der Waals surface area contributed by atoms with E-state index in [1.165, 1.54) is 0 Å². The normalized spacial score (nSPS) is 20.5. The third kappa shape index (κ3) is 1.90. The lowest BCUT2D eigenvalue weighted by Gasteiger charge is -2.12. The number of fused-ring (bicyclic) bond motifs is 1. The smallest absolute Gasteiger partial charge is 0.388 e. The van der Waals surface area contributed by atoms with Crippen LogP contribution in [0.25, 0.3) is 0 Å². The van der Waals surface area contributed by atoms with Crippen LogP contribution in [0.5, 0.6) is 0 Å². The minimum absolute atomic E-state index is 0.400. The molecule has 1 N–H and O–H groups in total. The third-order valence-corrected chi connectivity index (χ3v) is 3.29. The fourth-order valence-corrected chi connectivity index (χ4v) is 2.49. The molecule has 0 saturated heterocycles. The second-order valence-corrected chi connectivity index (χ2v) is 4.43. The summed E-state index contributed by atoms with van der Waals surface area (Å²) in [5.41, 5.74) is 0.473. The van der Waals surface area contributed by atoms with Crippen LogP contribution in [0.15, 0.2) is 16.6 Å². The van der Waals surface area contributed by atoms with Crippen molar-refractivity contribution in [2.45, 2.75) is 25.1 Å². The summed E-state index contributed by atoms with van der Waals surface area (Å²) in [6.45, 7) is 0. The van der Waals surface area contributed by atoms with Crippen molar-refractivity contribution >= 4 is 15.9 Å². The van der Waals surface area contributed by atoms with Crippen molar-refractivity contribution in [1.82, 2.24) is 0 Å². The van der Waals surface area contributed by atoms with Crippen LogP contribution >= 0.6 is 15.9 Å². The number of hydrogen-bond acceptors (Lipinski definition) is 1. The zero-order valence-electron chi connectivity index (χ0n) is 7.61. The van der Waals surface area contributed by atoms with Gasteiger partial charge in [0.2, 0.25) is 0 Å². The van der Waals surface area contributed by atoms with Crippen LogP contribution in [0.2, 0.25) is 0 Å². The zero-order valence-corrected chi connectivity index (χ0v) is 9.19. The SMILES string of the molecule is O[C@H]1CCc2c(Br)cc(C(F)(F)F)cc21. The maximum Gasteiger partial charge on any atom is 0.416 e. The van der Waals surface area contributed by atoms with Gasteiger partial charge in [-0.25, -0.2) is 0 Å². The molecule has 1 aliphatic carbocycles. The molecule has 82 valence electrons. The van der Waals surface area contributed by atoms with Gasteiger partial charge in [0.1, 0.15) is 0 Å². The average Bonchev–Trinajstić information content (AvgIpc) is 2.47. The van der Waals surface area contributed by atoms with Gasteiger partial charge in [0.15, 0.2) is 0 Å². The van der Waals surface area contributed by atoms with Gasteiger partial charge in [-0.3, -0.25) is 0 Å². The molecule has 1 nitrogen and oxygen atoms in total. The quantitative estimate of drug-likeness (QED) is 0.772. The van der Waals surface area contributed by atoms with Crippen LogP contribution in [0.1, 0.15) is 29.2 Å². The maximum atomic E-state index is 12.5. The van der Waals surface area contributed by atoms with E-state index < -0.39 is 17.8 Å². The molecular weight excluding hydrogens is 273 g/mol.